The Morgan fingerprint density at radius 1 is 1.00 bits per heavy atom. The van der Waals surface area contributed by atoms with Gasteiger partial charge in [0.15, 0.2) is 0 Å². The molecule has 0 spiro atoms. The summed E-state index contributed by atoms with van der Waals surface area (Å²) in [5, 5.41) is 0. The molecule has 0 atom stereocenters. The fourth-order valence-electron chi connectivity index (χ4n) is 3.25. The Labute approximate surface area is 136 Å². The molecule has 0 bridgehead atoms. The average Bonchev–Trinajstić information content (AvgIpc) is 2.46. The highest BCUT2D eigenvalue weighted by Crippen LogP contribution is 2.24. The van der Waals surface area contributed by atoms with Crippen molar-refractivity contribution in [1.29, 1.82) is 0 Å². The van der Waals surface area contributed by atoms with Gasteiger partial charge < -0.3 is 4.90 Å². The highest BCUT2D eigenvalue weighted by atomic mass is 32.2. The van der Waals surface area contributed by atoms with E-state index < -0.39 is 10.0 Å². The van der Waals surface area contributed by atoms with Crippen LogP contribution in [0.25, 0.3) is 0 Å². The Balaban J connectivity index is 2.64. The minimum absolute atomic E-state index is 0.0770. The number of hydrogen-bond donors (Lipinski definition) is 0. The third kappa shape index (κ3) is 6.24. The van der Waals surface area contributed by atoms with E-state index in [1.165, 1.54) is 12.7 Å². The maximum absolute atomic E-state index is 12.3. The molecule has 0 heterocycles. The normalized spacial score (nSPS) is 16.9. The Hall–Kier alpha value is -0.620. The van der Waals surface area contributed by atoms with Gasteiger partial charge in [-0.3, -0.25) is 4.79 Å². The first kappa shape index (κ1) is 19.4. The molecule has 22 heavy (non-hydrogen) atoms. The van der Waals surface area contributed by atoms with Gasteiger partial charge in [-0.15, -0.1) is 0 Å². The lowest BCUT2D eigenvalue weighted by molar-refractivity contribution is -0.131. The van der Waals surface area contributed by atoms with E-state index in [0.717, 1.165) is 51.6 Å². The molecule has 1 saturated carbocycles. The number of carbonyl (C=O) groups is 1. The third-order valence-corrected chi connectivity index (χ3v) is 5.63. The largest absolute Gasteiger partial charge is 0.343 e. The van der Waals surface area contributed by atoms with Gasteiger partial charge >= 0.3 is 0 Å². The van der Waals surface area contributed by atoms with Gasteiger partial charge in [0.2, 0.25) is 15.9 Å². The van der Waals surface area contributed by atoms with Gasteiger partial charge in [-0.2, -0.15) is 4.31 Å². The van der Waals surface area contributed by atoms with Crippen LogP contribution in [0.4, 0.5) is 0 Å². The number of rotatable bonds is 9. The van der Waals surface area contributed by atoms with Crippen LogP contribution in [0.1, 0.15) is 65.2 Å². The number of amides is 1. The monoisotopic (exact) mass is 332 g/mol. The smallest absolute Gasteiger partial charge is 0.223 e. The van der Waals surface area contributed by atoms with E-state index in [2.05, 4.69) is 13.8 Å². The van der Waals surface area contributed by atoms with E-state index >= 15 is 0 Å². The second-order valence-corrected chi connectivity index (χ2v) is 8.23. The Bertz CT molecular complexity index is 425. The van der Waals surface area contributed by atoms with Gasteiger partial charge in [0.25, 0.3) is 0 Å². The zero-order chi connectivity index (χ0) is 16.6. The molecule has 5 nitrogen and oxygen atoms in total. The van der Waals surface area contributed by atoms with Gasteiger partial charge in [0.1, 0.15) is 0 Å². The van der Waals surface area contributed by atoms with Crippen LogP contribution < -0.4 is 0 Å². The first-order valence-corrected chi connectivity index (χ1v) is 10.5. The minimum atomic E-state index is -3.25. The maximum Gasteiger partial charge on any atom is 0.223 e. The third-order valence-electron chi connectivity index (χ3n) is 4.29. The Morgan fingerprint density at radius 2 is 1.55 bits per heavy atom. The fraction of sp³-hybridized carbons (Fsp3) is 0.938. The fourth-order valence-corrected chi connectivity index (χ4v) is 4.43. The maximum atomic E-state index is 12.3. The van der Waals surface area contributed by atoms with Gasteiger partial charge in [0, 0.05) is 32.1 Å². The standard InChI is InChI=1S/C16H32N2O3S/c1-4-12-17(13-5-2)16(19)11-14-18(22(3,20)21)15-9-7-6-8-10-15/h15H,4-14H2,1-3H3. The van der Waals surface area contributed by atoms with Crippen molar-refractivity contribution >= 4 is 15.9 Å². The molecule has 1 rings (SSSR count). The predicted octanol–water partition coefficient (Wildman–Crippen LogP) is 2.62. The van der Waals surface area contributed by atoms with Gasteiger partial charge in [-0.05, 0) is 25.7 Å². The van der Waals surface area contributed by atoms with Crippen LogP contribution in [-0.4, -0.2) is 55.5 Å². The lowest BCUT2D eigenvalue weighted by atomic mass is 9.95. The summed E-state index contributed by atoms with van der Waals surface area (Å²) in [5.74, 6) is 0.0770. The van der Waals surface area contributed by atoms with Crippen molar-refractivity contribution < 1.29 is 13.2 Å². The average molecular weight is 333 g/mol. The summed E-state index contributed by atoms with van der Waals surface area (Å²) < 4.78 is 25.7. The number of nitrogens with zero attached hydrogens (tertiary/aromatic N) is 2. The molecule has 0 unspecified atom stereocenters. The van der Waals surface area contributed by atoms with E-state index in [4.69, 9.17) is 0 Å². The van der Waals surface area contributed by atoms with Gasteiger partial charge in [0.05, 0.1) is 6.26 Å². The zero-order valence-corrected chi connectivity index (χ0v) is 15.2. The topological polar surface area (TPSA) is 57.7 Å². The quantitative estimate of drug-likeness (QED) is 0.652. The van der Waals surface area contributed by atoms with Crippen LogP contribution in [0.2, 0.25) is 0 Å². The molecule has 1 aliphatic rings. The van der Waals surface area contributed by atoms with Crippen LogP contribution in [0.3, 0.4) is 0 Å². The second-order valence-electron chi connectivity index (χ2n) is 6.30. The summed E-state index contributed by atoms with van der Waals surface area (Å²) in [6.45, 7) is 5.96. The van der Waals surface area contributed by atoms with E-state index in [1.807, 2.05) is 4.90 Å². The van der Waals surface area contributed by atoms with Crippen molar-refractivity contribution in [3.8, 4) is 0 Å². The van der Waals surface area contributed by atoms with Crippen LogP contribution in [0.5, 0.6) is 0 Å². The molecule has 1 aliphatic carbocycles. The molecule has 0 aliphatic heterocycles. The van der Waals surface area contributed by atoms with E-state index in [1.54, 1.807) is 4.31 Å². The number of carbonyl (C=O) groups excluding carboxylic acids is 1. The molecular weight excluding hydrogens is 300 g/mol. The SMILES string of the molecule is CCCN(CCC)C(=O)CCN(C1CCCCC1)S(C)(=O)=O. The summed E-state index contributed by atoms with van der Waals surface area (Å²) in [4.78, 5) is 14.2. The molecule has 0 aromatic rings. The van der Waals surface area contributed by atoms with Crippen molar-refractivity contribution in [2.75, 3.05) is 25.9 Å². The summed E-state index contributed by atoms with van der Waals surface area (Å²) in [6.07, 6.45) is 8.64. The number of hydrogen-bond acceptors (Lipinski definition) is 3. The van der Waals surface area contributed by atoms with E-state index in [-0.39, 0.29) is 11.9 Å². The molecule has 0 radical (unpaired) electrons. The van der Waals surface area contributed by atoms with Gasteiger partial charge in [-0.1, -0.05) is 33.1 Å². The summed E-state index contributed by atoms with van der Waals surface area (Å²) in [6, 6.07) is 0.0855. The molecule has 130 valence electrons. The van der Waals surface area contributed by atoms with Crippen molar-refractivity contribution in [3.05, 3.63) is 0 Å². The second kappa shape index (κ2) is 9.50. The lowest BCUT2D eigenvalue weighted by Crippen LogP contribution is -2.43. The molecule has 0 N–H and O–H groups in total. The first-order chi connectivity index (χ1) is 10.4. The van der Waals surface area contributed by atoms with E-state index in [0.29, 0.717) is 13.0 Å². The van der Waals surface area contributed by atoms with Gasteiger partial charge in [-0.25, -0.2) is 8.42 Å². The van der Waals surface area contributed by atoms with Crippen molar-refractivity contribution in [2.45, 2.75) is 71.3 Å². The molecule has 0 aromatic carbocycles. The minimum Gasteiger partial charge on any atom is -0.343 e. The summed E-state index contributed by atoms with van der Waals surface area (Å²) >= 11 is 0. The van der Waals surface area contributed by atoms with Crippen molar-refractivity contribution in [2.24, 2.45) is 0 Å². The highest BCUT2D eigenvalue weighted by molar-refractivity contribution is 7.88. The molecule has 1 fully saturated rings. The summed E-state index contributed by atoms with van der Waals surface area (Å²) in [7, 11) is -3.25. The van der Waals surface area contributed by atoms with Crippen LogP contribution in [0.15, 0.2) is 0 Å². The first-order valence-electron chi connectivity index (χ1n) is 8.64. The lowest BCUT2D eigenvalue weighted by Gasteiger charge is -2.32. The van der Waals surface area contributed by atoms with Crippen LogP contribution >= 0.6 is 0 Å². The summed E-state index contributed by atoms with van der Waals surface area (Å²) in [5.41, 5.74) is 0. The highest BCUT2D eigenvalue weighted by Gasteiger charge is 2.28. The Morgan fingerprint density at radius 3 is 2.00 bits per heavy atom. The van der Waals surface area contributed by atoms with Crippen LogP contribution in [-0.2, 0) is 14.8 Å². The Kier molecular flexibility index (Phi) is 8.39. The predicted molar refractivity (Wildman–Crippen MR) is 90.2 cm³/mol. The molecule has 0 saturated heterocycles. The molecule has 0 aromatic heterocycles. The number of sulfonamides is 1. The van der Waals surface area contributed by atoms with Crippen LogP contribution in [0, 0.1) is 0 Å². The molecular formula is C16H32N2O3S. The van der Waals surface area contributed by atoms with Crippen molar-refractivity contribution in [1.82, 2.24) is 9.21 Å². The van der Waals surface area contributed by atoms with E-state index in [9.17, 15) is 13.2 Å². The zero-order valence-electron chi connectivity index (χ0n) is 14.4. The molecule has 6 heteroatoms. The molecule has 1 amide bonds. The van der Waals surface area contributed by atoms with Crippen molar-refractivity contribution in [3.63, 3.8) is 0 Å².